The zero-order chi connectivity index (χ0) is 21.5. The summed E-state index contributed by atoms with van der Waals surface area (Å²) in [5.74, 6) is 0.978. The molecule has 1 fully saturated rings. The molecule has 1 aliphatic heterocycles. The summed E-state index contributed by atoms with van der Waals surface area (Å²) in [5.41, 5.74) is 3.17. The maximum absolute atomic E-state index is 12.8. The topological polar surface area (TPSA) is 48.5 Å². The first-order valence-electron chi connectivity index (χ1n) is 11.1. The number of pyridine rings is 1. The van der Waals surface area contributed by atoms with E-state index in [1.165, 1.54) is 5.56 Å². The predicted molar refractivity (Wildman–Crippen MR) is 126 cm³/mol. The molecule has 3 aromatic rings. The Kier molecular flexibility index (Phi) is 6.95. The number of nitrogens with zero attached hydrogens (tertiary/aromatic N) is 3. The third-order valence-corrected chi connectivity index (χ3v) is 5.90. The first kappa shape index (κ1) is 21.1. The number of benzene rings is 2. The molecule has 1 aromatic heterocycles. The van der Waals surface area contributed by atoms with Gasteiger partial charge in [0.1, 0.15) is 5.82 Å². The Labute approximate surface area is 184 Å². The molecule has 2 heterocycles. The maximum Gasteiger partial charge on any atom is 0.231 e. The molecule has 0 radical (unpaired) electrons. The first-order valence-corrected chi connectivity index (χ1v) is 11.1. The van der Waals surface area contributed by atoms with Crippen molar-refractivity contribution < 1.29 is 4.79 Å². The molecule has 31 heavy (non-hydrogen) atoms. The number of amides is 1. The summed E-state index contributed by atoms with van der Waals surface area (Å²) in [6, 6.07) is 24.3. The molecule has 1 unspecified atom stereocenters. The molecule has 0 bridgehead atoms. The lowest BCUT2D eigenvalue weighted by molar-refractivity contribution is -0.117. The molecule has 160 valence electrons. The molecule has 0 saturated carbocycles. The molecular weight excluding hydrogens is 384 g/mol. The largest absolute Gasteiger partial charge is 0.354 e. The fraction of sp³-hybridized carbons (Fsp3) is 0.308. The number of rotatable bonds is 7. The minimum Gasteiger partial charge on any atom is -0.354 e. The second kappa shape index (κ2) is 10.2. The van der Waals surface area contributed by atoms with Gasteiger partial charge in [0, 0.05) is 44.6 Å². The van der Waals surface area contributed by atoms with Crippen LogP contribution in [0.4, 0.5) is 11.5 Å². The summed E-state index contributed by atoms with van der Waals surface area (Å²) < 4.78 is 0. The molecule has 4 rings (SSSR count). The van der Waals surface area contributed by atoms with Gasteiger partial charge in [-0.15, -0.1) is 0 Å². The fourth-order valence-electron chi connectivity index (χ4n) is 4.11. The van der Waals surface area contributed by atoms with E-state index in [1.807, 2.05) is 67.7 Å². The summed E-state index contributed by atoms with van der Waals surface area (Å²) in [6.45, 7) is 6.99. The lowest BCUT2D eigenvalue weighted by Gasteiger charge is -2.35. The van der Waals surface area contributed by atoms with Crippen LogP contribution in [0.5, 0.6) is 0 Å². The van der Waals surface area contributed by atoms with Gasteiger partial charge in [-0.2, -0.15) is 0 Å². The number of hydrogen-bond acceptors (Lipinski definition) is 4. The van der Waals surface area contributed by atoms with Gasteiger partial charge in [0.25, 0.3) is 0 Å². The molecule has 0 spiro atoms. The monoisotopic (exact) mass is 414 g/mol. The van der Waals surface area contributed by atoms with Crippen LogP contribution in [-0.4, -0.2) is 42.0 Å². The summed E-state index contributed by atoms with van der Waals surface area (Å²) >= 11 is 0. The van der Waals surface area contributed by atoms with Crippen molar-refractivity contribution in [2.45, 2.75) is 25.8 Å². The Bertz CT molecular complexity index is 952. The Morgan fingerprint density at radius 1 is 0.935 bits per heavy atom. The lowest BCUT2D eigenvalue weighted by Crippen LogP contribution is -2.46. The van der Waals surface area contributed by atoms with E-state index in [2.05, 4.69) is 38.3 Å². The van der Waals surface area contributed by atoms with Gasteiger partial charge in [-0.1, -0.05) is 55.5 Å². The molecule has 5 nitrogen and oxygen atoms in total. The van der Waals surface area contributed by atoms with Crippen molar-refractivity contribution >= 4 is 17.4 Å². The zero-order valence-electron chi connectivity index (χ0n) is 18.1. The van der Waals surface area contributed by atoms with Crippen LogP contribution in [0, 0.1) is 0 Å². The number of nitrogens with one attached hydrogen (secondary N) is 1. The highest BCUT2D eigenvalue weighted by Gasteiger charge is 2.19. The molecule has 0 aliphatic carbocycles. The van der Waals surface area contributed by atoms with Gasteiger partial charge in [-0.05, 0) is 41.8 Å². The maximum atomic E-state index is 12.8. The van der Waals surface area contributed by atoms with Crippen molar-refractivity contribution in [1.82, 2.24) is 9.88 Å². The average Bonchev–Trinajstić information content (AvgIpc) is 2.83. The van der Waals surface area contributed by atoms with E-state index < -0.39 is 0 Å². The van der Waals surface area contributed by atoms with Crippen LogP contribution < -0.4 is 10.2 Å². The number of aromatic nitrogens is 1. The van der Waals surface area contributed by atoms with Gasteiger partial charge in [0.05, 0.1) is 5.92 Å². The molecule has 5 heteroatoms. The van der Waals surface area contributed by atoms with Crippen molar-refractivity contribution in [3.8, 4) is 0 Å². The molecule has 1 N–H and O–H groups in total. The Morgan fingerprint density at radius 3 is 2.29 bits per heavy atom. The molecule has 1 amide bonds. The standard InChI is InChI=1S/C26H30N4O/c1-2-24(22-8-4-3-5-9-22)26(31)28-23-13-11-21(12-14-23)20-29-16-18-30(19-17-29)25-10-6-7-15-27-25/h3-15,24H,2,16-20H2,1H3,(H,28,31). The first-order chi connectivity index (χ1) is 15.2. The number of piperazine rings is 1. The molecular formula is C26H30N4O. The Hall–Kier alpha value is -3.18. The third-order valence-electron chi connectivity index (χ3n) is 5.90. The van der Waals surface area contributed by atoms with E-state index in [1.54, 1.807) is 0 Å². The van der Waals surface area contributed by atoms with Crippen molar-refractivity contribution in [3.05, 3.63) is 90.1 Å². The number of carbonyl (C=O) groups is 1. The van der Waals surface area contributed by atoms with E-state index in [9.17, 15) is 4.79 Å². The lowest BCUT2D eigenvalue weighted by atomic mass is 9.95. The zero-order valence-corrected chi connectivity index (χ0v) is 18.1. The average molecular weight is 415 g/mol. The minimum absolute atomic E-state index is 0.0482. The molecule has 2 aromatic carbocycles. The fourth-order valence-corrected chi connectivity index (χ4v) is 4.11. The Balaban J connectivity index is 1.29. The summed E-state index contributed by atoms with van der Waals surface area (Å²) in [7, 11) is 0. The normalized spacial score (nSPS) is 15.5. The number of carbonyl (C=O) groups excluding carboxylic acids is 1. The second-order valence-electron chi connectivity index (χ2n) is 8.01. The van der Waals surface area contributed by atoms with E-state index in [0.29, 0.717) is 0 Å². The smallest absolute Gasteiger partial charge is 0.231 e. The van der Waals surface area contributed by atoms with Crippen LogP contribution in [0.3, 0.4) is 0 Å². The second-order valence-corrected chi connectivity index (χ2v) is 8.01. The van der Waals surface area contributed by atoms with Crippen molar-refractivity contribution in [2.75, 3.05) is 36.4 Å². The molecule has 1 saturated heterocycles. The van der Waals surface area contributed by atoms with E-state index in [0.717, 1.165) is 56.2 Å². The van der Waals surface area contributed by atoms with Gasteiger partial charge in [0.15, 0.2) is 0 Å². The van der Waals surface area contributed by atoms with Crippen LogP contribution in [0.2, 0.25) is 0 Å². The SMILES string of the molecule is CCC(C(=O)Nc1ccc(CN2CCN(c3ccccn3)CC2)cc1)c1ccccc1. The van der Waals surface area contributed by atoms with Gasteiger partial charge >= 0.3 is 0 Å². The minimum atomic E-state index is -0.128. The highest BCUT2D eigenvalue weighted by molar-refractivity contribution is 5.95. The van der Waals surface area contributed by atoms with Crippen LogP contribution in [0.15, 0.2) is 79.0 Å². The van der Waals surface area contributed by atoms with Crippen LogP contribution in [0.25, 0.3) is 0 Å². The summed E-state index contributed by atoms with van der Waals surface area (Å²) in [6.07, 6.45) is 2.63. The number of anilines is 2. The molecule has 1 aliphatic rings. The van der Waals surface area contributed by atoms with E-state index >= 15 is 0 Å². The van der Waals surface area contributed by atoms with Crippen molar-refractivity contribution in [1.29, 1.82) is 0 Å². The van der Waals surface area contributed by atoms with Gasteiger partial charge in [-0.25, -0.2) is 4.98 Å². The highest BCUT2D eigenvalue weighted by atomic mass is 16.1. The van der Waals surface area contributed by atoms with Crippen molar-refractivity contribution in [2.24, 2.45) is 0 Å². The van der Waals surface area contributed by atoms with Crippen molar-refractivity contribution in [3.63, 3.8) is 0 Å². The molecule has 1 atom stereocenters. The van der Waals surface area contributed by atoms with Crippen LogP contribution in [-0.2, 0) is 11.3 Å². The van der Waals surface area contributed by atoms with Crippen LogP contribution >= 0.6 is 0 Å². The van der Waals surface area contributed by atoms with Gasteiger partial charge in [0.2, 0.25) is 5.91 Å². The quantitative estimate of drug-likeness (QED) is 0.617. The van der Waals surface area contributed by atoms with Gasteiger partial charge < -0.3 is 10.2 Å². The predicted octanol–water partition coefficient (Wildman–Crippen LogP) is 4.54. The van der Waals surface area contributed by atoms with Crippen LogP contribution in [0.1, 0.15) is 30.4 Å². The summed E-state index contributed by atoms with van der Waals surface area (Å²) in [4.78, 5) is 22.0. The highest BCUT2D eigenvalue weighted by Crippen LogP contribution is 2.22. The van der Waals surface area contributed by atoms with E-state index in [-0.39, 0.29) is 11.8 Å². The van der Waals surface area contributed by atoms with E-state index in [4.69, 9.17) is 0 Å². The summed E-state index contributed by atoms with van der Waals surface area (Å²) in [5, 5.41) is 3.08. The Morgan fingerprint density at radius 2 is 1.65 bits per heavy atom. The third kappa shape index (κ3) is 5.50. The number of hydrogen-bond donors (Lipinski definition) is 1. The van der Waals surface area contributed by atoms with Gasteiger partial charge in [-0.3, -0.25) is 9.69 Å².